The number of hydrogen-bond donors (Lipinski definition) is 1. The number of anilines is 1. The molecule has 0 atom stereocenters. The molecule has 1 heterocycles. The summed E-state index contributed by atoms with van der Waals surface area (Å²) in [6.07, 6.45) is 2.36. The van der Waals surface area contributed by atoms with Crippen LogP contribution in [0.5, 0.6) is 0 Å². The number of benzene rings is 2. The Balaban J connectivity index is 1.56. The molecule has 0 aliphatic heterocycles. The SMILES string of the molecule is Cc1ccc(F)c(NC(=O)CCc2nc3ccccc3c(=O)n2C2CC2)c1. The molecule has 4 rings (SSSR count). The van der Waals surface area contributed by atoms with E-state index < -0.39 is 5.82 Å². The normalized spacial score (nSPS) is 13.7. The third-order valence-electron chi connectivity index (χ3n) is 4.76. The number of hydrogen-bond acceptors (Lipinski definition) is 3. The summed E-state index contributed by atoms with van der Waals surface area (Å²) in [4.78, 5) is 29.7. The number of para-hydroxylation sites is 1. The van der Waals surface area contributed by atoms with Crippen molar-refractivity contribution in [3.8, 4) is 0 Å². The minimum Gasteiger partial charge on any atom is -0.324 e. The number of rotatable bonds is 5. The van der Waals surface area contributed by atoms with Crippen molar-refractivity contribution in [2.45, 2.75) is 38.6 Å². The molecule has 1 aliphatic rings. The molecule has 27 heavy (non-hydrogen) atoms. The number of amides is 1. The van der Waals surface area contributed by atoms with Crippen LogP contribution in [0.2, 0.25) is 0 Å². The van der Waals surface area contributed by atoms with E-state index in [9.17, 15) is 14.0 Å². The minimum atomic E-state index is -0.465. The van der Waals surface area contributed by atoms with Crippen molar-refractivity contribution >= 4 is 22.5 Å². The Morgan fingerprint density at radius 1 is 1.26 bits per heavy atom. The van der Waals surface area contributed by atoms with E-state index in [0.717, 1.165) is 18.4 Å². The number of nitrogens with zero attached hydrogens (tertiary/aromatic N) is 2. The molecule has 0 bridgehead atoms. The maximum Gasteiger partial charge on any atom is 0.261 e. The topological polar surface area (TPSA) is 64.0 Å². The first kappa shape index (κ1) is 17.4. The van der Waals surface area contributed by atoms with Crippen LogP contribution < -0.4 is 10.9 Å². The molecule has 0 saturated heterocycles. The van der Waals surface area contributed by atoms with Gasteiger partial charge in [0.05, 0.1) is 16.6 Å². The van der Waals surface area contributed by atoms with Gasteiger partial charge in [-0.2, -0.15) is 0 Å². The monoisotopic (exact) mass is 365 g/mol. The maximum atomic E-state index is 13.8. The van der Waals surface area contributed by atoms with Gasteiger partial charge in [0.25, 0.3) is 5.56 Å². The van der Waals surface area contributed by atoms with E-state index in [0.29, 0.717) is 23.1 Å². The van der Waals surface area contributed by atoms with Crippen LogP contribution in [0.15, 0.2) is 47.3 Å². The standard InChI is InChI=1S/C21H20FN3O2/c1-13-6-9-16(22)18(12-13)24-20(26)11-10-19-23-17-5-3-2-4-15(17)21(27)25(19)14-7-8-14/h2-6,9,12,14H,7-8,10-11H2,1H3,(H,24,26). The predicted molar refractivity (Wildman–Crippen MR) is 102 cm³/mol. The van der Waals surface area contributed by atoms with Gasteiger partial charge in [-0.15, -0.1) is 0 Å². The zero-order valence-electron chi connectivity index (χ0n) is 15.0. The number of nitrogens with one attached hydrogen (secondary N) is 1. The summed E-state index contributed by atoms with van der Waals surface area (Å²) in [6, 6.07) is 12.0. The van der Waals surface area contributed by atoms with Gasteiger partial charge in [0.15, 0.2) is 0 Å². The predicted octanol–water partition coefficient (Wildman–Crippen LogP) is 3.75. The van der Waals surface area contributed by atoms with E-state index >= 15 is 0 Å². The van der Waals surface area contributed by atoms with E-state index in [-0.39, 0.29) is 29.6 Å². The van der Waals surface area contributed by atoms with Crippen LogP contribution in [-0.4, -0.2) is 15.5 Å². The number of carbonyl (C=O) groups excluding carboxylic acids is 1. The van der Waals surface area contributed by atoms with Gasteiger partial charge in [-0.05, 0) is 49.6 Å². The summed E-state index contributed by atoms with van der Waals surface area (Å²) in [5.74, 6) is -0.155. The van der Waals surface area contributed by atoms with Crippen LogP contribution in [0.3, 0.4) is 0 Å². The zero-order valence-corrected chi connectivity index (χ0v) is 15.0. The second-order valence-corrected chi connectivity index (χ2v) is 6.98. The van der Waals surface area contributed by atoms with Crippen LogP contribution in [-0.2, 0) is 11.2 Å². The Bertz CT molecular complexity index is 1090. The van der Waals surface area contributed by atoms with Gasteiger partial charge in [0.1, 0.15) is 11.6 Å². The van der Waals surface area contributed by atoms with Crippen LogP contribution in [0.4, 0.5) is 10.1 Å². The Labute approximate surface area is 155 Å². The Morgan fingerprint density at radius 2 is 2.04 bits per heavy atom. The van der Waals surface area contributed by atoms with E-state index in [4.69, 9.17) is 0 Å². The summed E-state index contributed by atoms with van der Waals surface area (Å²) < 4.78 is 15.6. The molecule has 3 aromatic rings. The summed E-state index contributed by atoms with van der Waals surface area (Å²) in [7, 11) is 0. The molecule has 138 valence electrons. The highest BCUT2D eigenvalue weighted by molar-refractivity contribution is 5.91. The number of fused-ring (bicyclic) bond motifs is 1. The molecule has 0 unspecified atom stereocenters. The zero-order chi connectivity index (χ0) is 19.0. The average molecular weight is 365 g/mol. The van der Waals surface area contributed by atoms with Crippen LogP contribution in [0.1, 0.15) is 36.7 Å². The van der Waals surface area contributed by atoms with Gasteiger partial charge in [0, 0.05) is 18.9 Å². The lowest BCUT2D eigenvalue weighted by molar-refractivity contribution is -0.116. The van der Waals surface area contributed by atoms with Gasteiger partial charge >= 0.3 is 0 Å². The van der Waals surface area contributed by atoms with E-state index in [1.807, 2.05) is 19.1 Å². The second kappa shape index (κ2) is 6.95. The Hall–Kier alpha value is -3.02. The molecular weight excluding hydrogens is 345 g/mol. The molecule has 1 aromatic heterocycles. The molecule has 5 nitrogen and oxygen atoms in total. The highest BCUT2D eigenvalue weighted by atomic mass is 19.1. The fourth-order valence-corrected chi connectivity index (χ4v) is 3.25. The lowest BCUT2D eigenvalue weighted by Crippen LogP contribution is -2.25. The quantitative estimate of drug-likeness (QED) is 0.749. The summed E-state index contributed by atoms with van der Waals surface area (Å²) >= 11 is 0. The Morgan fingerprint density at radius 3 is 2.81 bits per heavy atom. The van der Waals surface area contributed by atoms with Crippen LogP contribution in [0.25, 0.3) is 10.9 Å². The number of aromatic nitrogens is 2. The van der Waals surface area contributed by atoms with Gasteiger partial charge < -0.3 is 5.32 Å². The highest BCUT2D eigenvalue weighted by Crippen LogP contribution is 2.35. The molecule has 1 amide bonds. The lowest BCUT2D eigenvalue weighted by Gasteiger charge is -2.13. The Kier molecular flexibility index (Phi) is 4.48. The van der Waals surface area contributed by atoms with Crippen molar-refractivity contribution in [1.29, 1.82) is 0 Å². The fourth-order valence-electron chi connectivity index (χ4n) is 3.25. The third-order valence-corrected chi connectivity index (χ3v) is 4.76. The van der Waals surface area contributed by atoms with Gasteiger partial charge in [0.2, 0.25) is 5.91 Å². The van der Waals surface area contributed by atoms with E-state index in [1.165, 1.54) is 6.07 Å². The number of aryl methyl sites for hydroxylation is 2. The van der Waals surface area contributed by atoms with Crippen LogP contribution in [0, 0.1) is 12.7 Å². The summed E-state index contributed by atoms with van der Waals surface area (Å²) in [6.45, 7) is 1.84. The highest BCUT2D eigenvalue weighted by Gasteiger charge is 2.28. The second-order valence-electron chi connectivity index (χ2n) is 6.98. The van der Waals surface area contributed by atoms with Crippen molar-refractivity contribution in [2.75, 3.05) is 5.32 Å². The van der Waals surface area contributed by atoms with E-state index in [2.05, 4.69) is 10.3 Å². The fraction of sp³-hybridized carbons (Fsp3) is 0.286. The molecule has 1 fully saturated rings. The number of halogens is 1. The number of carbonyl (C=O) groups is 1. The molecule has 1 saturated carbocycles. The molecule has 0 radical (unpaired) electrons. The molecule has 2 aromatic carbocycles. The summed E-state index contributed by atoms with van der Waals surface area (Å²) in [5.41, 5.74) is 1.62. The molecule has 1 aliphatic carbocycles. The van der Waals surface area contributed by atoms with E-state index in [1.54, 1.807) is 28.8 Å². The average Bonchev–Trinajstić information content (AvgIpc) is 3.48. The molecule has 1 N–H and O–H groups in total. The van der Waals surface area contributed by atoms with Crippen molar-refractivity contribution < 1.29 is 9.18 Å². The minimum absolute atomic E-state index is 0.0526. The van der Waals surface area contributed by atoms with Crippen molar-refractivity contribution in [3.05, 3.63) is 70.0 Å². The first-order valence-corrected chi connectivity index (χ1v) is 9.09. The first-order valence-electron chi connectivity index (χ1n) is 9.09. The molecule has 6 heteroatoms. The molecular formula is C21H20FN3O2. The third kappa shape index (κ3) is 3.60. The first-order chi connectivity index (χ1) is 13.0. The maximum absolute atomic E-state index is 13.8. The smallest absolute Gasteiger partial charge is 0.261 e. The van der Waals surface area contributed by atoms with Gasteiger partial charge in [-0.25, -0.2) is 9.37 Å². The summed E-state index contributed by atoms with van der Waals surface area (Å²) in [5, 5.41) is 3.20. The van der Waals surface area contributed by atoms with Crippen molar-refractivity contribution in [3.63, 3.8) is 0 Å². The van der Waals surface area contributed by atoms with Gasteiger partial charge in [-0.3, -0.25) is 14.2 Å². The largest absolute Gasteiger partial charge is 0.324 e. The van der Waals surface area contributed by atoms with Crippen LogP contribution >= 0.6 is 0 Å². The molecule has 0 spiro atoms. The van der Waals surface area contributed by atoms with Crippen molar-refractivity contribution in [1.82, 2.24) is 9.55 Å². The van der Waals surface area contributed by atoms with Crippen molar-refractivity contribution in [2.24, 2.45) is 0 Å². The lowest BCUT2D eigenvalue weighted by atomic mass is 10.2. The van der Waals surface area contributed by atoms with Gasteiger partial charge in [-0.1, -0.05) is 18.2 Å².